The third kappa shape index (κ3) is 7.54. The molecule has 0 fully saturated rings. The molecule has 0 saturated carbocycles. The minimum Gasteiger partial charge on any atom is -0.423 e. The molecule has 0 heterocycles. The third-order valence-electron chi connectivity index (χ3n) is 5.65. The first kappa shape index (κ1) is 24.7. The van der Waals surface area contributed by atoms with Crippen molar-refractivity contribution in [3.05, 3.63) is 144 Å². The van der Waals surface area contributed by atoms with Crippen LogP contribution in [0.15, 0.2) is 121 Å². The van der Waals surface area contributed by atoms with E-state index in [9.17, 15) is 9.59 Å². The minimum atomic E-state index is -0.353. The Morgan fingerprint density at radius 3 is 1.22 bits per heavy atom. The number of rotatable bonds is 10. The van der Waals surface area contributed by atoms with Crippen LogP contribution in [0, 0.1) is 0 Å². The molecule has 0 N–H and O–H groups in total. The largest absolute Gasteiger partial charge is 0.423 e. The molecule has 0 unspecified atom stereocenters. The van der Waals surface area contributed by atoms with Crippen molar-refractivity contribution in [3.8, 4) is 11.5 Å². The first-order valence-electron chi connectivity index (χ1n) is 12.0. The summed E-state index contributed by atoms with van der Waals surface area (Å²) in [7, 11) is 0. The predicted molar refractivity (Wildman–Crippen MR) is 141 cm³/mol. The second-order valence-corrected chi connectivity index (χ2v) is 8.35. The lowest BCUT2D eigenvalue weighted by atomic mass is 10.1. The number of benzene rings is 4. The number of esters is 2. The van der Waals surface area contributed by atoms with E-state index in [-0.39, 0.29) is 11.9 Å². The molecule has 0 aliphatic heterocycles. The van der Waals surface area contributed by atoms with Crippen molar-refractivity contribution < 1.29 is 19.1 Å². The van der Waals surface area contributed by atoms with Gasteiger partial charge in [-0.15, -0.1) is 0 Å². The van der Waals surface area contributed by atoms with Crippen molar-refractivity contribution in [2.45, 2.75) is 25.7 Å². The van der Waals surface area contributed by atoms with Gasteiger partial charge in [0.1, 0.15) is 11.5 Å². The minimum absolute atomic E-state index is 0.353. The number of carbonyl (C=O) groups is 2. The number of carbonyl (C=O) groups excluding carboxylic acids is 2. The highest BCUT2D eigenvalue weighted by molar-refractivity contribution is 5.91. The van der Waals surface area contributed by atoms with Gasteiger partial charge < -0.3 is 9.47 Å². The maximum atomic E-state index is 12.1. The maximum absolute atomic E-state index is 12.1. The highest BCUT2D eigenvalue weighted by Crippen LogP contribution is 2.17. The molecule has 0 atom stereocenters. The summed E-state index contributed by atoms with van der Waals surface area (Å²) >= 11 is 0. The highest BCUT2D eigenvalue weighted by atomic mass is 16.5. The highest BCUT2D eigenvalue weighted by Gasteiger charge is 2.08. The summed E-state index contributed by atoms with van der Waals surface area (Å²) < 4.78 is 10.8. The fourth-order valence-electron chi connectivity index (χ4n) is 3.66. The van der Waals surface area contributed by atoms with Crippen LogP contribution in [0.25, 0.3) is 0 Å². The van der Waals surface area contributed by atoms with Gasteiger partial charge in [-0.05, 0) is 85.3 Å². The predicted octanol–water partition coefficient (Wildman–Crippen LogP) is 7.25. The van der Waals surface area contributed by atoms with Crippen molar-refractivity contribution in [2.24, 2.45) is 0 Å². The van der Waals surface area contributed by atoms with Gasteiger partial charge in [0.25, 0.3) is 0 Å². The summed E-state index contributed by atoms with van der Waals surface area (Å²) in [5.74, 6) is 0.385. The lowest BCUT2D eigenvalue weighted by Crippen LogP contribution is -2.08. The van der Waals surface area contributed by atoms with Crippen LogP contribution < -0.4 is 9.47 Å². The molecule has 0 amide bonds. The van der Waals surface area contributed by atoms with Crippen molar-refractivity contribution in [1.82, 2.24) is 0 Å². The molecule has 180 valence electrons. The molecule has 4 aromatic carbocycles. The van der Waals surface area contributed by atoms with Gasteiger partial charge in [-0.2, -0.15) is 0 Å². The SMILES string of the molecule is O=C(Oc1ccc(CC/C=C/CCc2ccc(OC(=O)c3ccccc3)cc2)cc1)c1ccccc1. The lowest BCUT2D eigenvalue weighted by molar-refractivity contribution is 0.0725. The van der Waals surface area contributed by atoms with Crippen LogP contribution in [0.5, 0.6) is 11.5 Å². The van der Waals surface area contributed by atoms with E-state index in [0.29, 0.717) is 22.6 Å². The van der Waals surface area contributed by atoms with Gasteiger partial charge in [-0.25, -0.2) is 9.59 Å². The van der Waals surface area contributed by atoms with Crippen LogP contribution in [0.2, 0.25) is 0 Å². The van der Waals surface area contributed by atoms with Crippen molar-refractivity contribution in [1.29, 1.82) is 0 Å². The van der Waals surface area contributed by atoms with Gasteiger partial charge in [-0.3, -0.25) is 0 Å². The fourth-order valence-corrected chi connectivity index (χ4v) is 3.66. The van der Waals surface area contributed by atoms with Gasteiger partial charge in [0, 0.05) is 0 Å². The second-order valence-electron chi connectivity index (χ2n) is 8.35. The summed E-state index contributed by atoms with van der Waals surface area (Å²) in [6.07, 6.45) is 8.11. The molecule has 4 aromatic rings. The van der Waals surface area contributed by atoms with E-state index in [2.05, 4.69) is 12.2 Å². The molecule has 36 heavy (non-hydrogen) atoms. The van der Waals surface area contributed by atoms with Gasteiger partial charge in [0.15, 0.2) is 0 Å². The Hall–Kier alpha value is -4.44. The van der Waals surface area contributed by atoms with Crippen LogP contribution in [-0.2, 0) is 12.8 Å². The van der Waals surface area contributed by atoms with Crippen LogP contribution in [0.3, 0.4) is 0 Å². The molecule has 0 aliphatic carbocycles. The first-order chi connectivity index (χ1) is 17.7. The number of hydrogen-bond donors (Lipinski definition) is 0. The molecule has 0 spiro atoms. The van der Waals surface area contributed by atoms with Crippen LogP contribution in [0.4, 0.5) is 0 Å². The van der Waals surface area contributed by atoms with E-state index in [1.165, 1.54) is 11.1 Å². The molecule has 4 heteroatoms. The van der Waals surface area contributed by atoms with Gasteiger partial charge >= 0.3 is 11.9 Å². The zero-order valence-corrected chi connectivity index (χ0v) is 20.0. The van der Waals surface area contributed by atoms with Crippen molar-refractivity contribution in [2.75, 3.05) is 0 Å². The van der Waals surface area contributed by atoms with Gasteiger partial charge in [0.05, 0.1) is 11.1 Å². The van der Waals surface area contributed by atoms with E-state index < -0.39 is 0 Å². The van der Waals surface area contributed by atoms with Crippen LogP contribution in [0.1, 0.15) is 44.7 Å². The monoisotopic (exact) mass is 476 g/mol. The van der Waals surface area contributed by atoms with Gasteiger partial charge in [0.2, 0.25) is 0 Å². The zero-order valence-electron chi connectivity index (χ0n) is 20.0. The smallest absolute Gasteiger partial charge is 0.343 e. The fraction of sp³-hybridized carbons (Fsp3) is 0.125. The van der Waals surface area contributed by atoms with Gasteiger partial charge in [-0.1, -0.05) is 72.8 Å². The molecule has 4 nitrogen and oxygen atoms in total. The summed E-state index contributed by atoms with van der Waals surface area (Å²) in [5.41, 5.74) is 3.46. The topological polar surface area (TPSA) is 52.6 Å². The molecular formula is C32H28O4. The summed E-state index contributed by atoms with van der Waals surface area (Å²) in [4.78, 5) is 24.3. The molecular weight excluding hydrogens is 448 g/mol. The molecule has 0 aliphatic rings. The maximum Gasteiger partial charge on any atom is 0.343 e. The van der Waals surface area contributed by atoms with E-state index in [1.54, 1.807) is 24.3 Å². The van der Waals surface area contributed by atoms with Crippen LogP contribution >= 0.6 is 0 Å². The average molecular weight is 477 g/mol. The number of allylic oxidation sites excluding steroid dienone is 2. The zero-order chi connectivity index (χ0) is 25.0. The van der Waals surface area contributed by atoms with E-state index >= 15 is 0 Å². The standard InChI is InChI=1S/C32H28O4/c33-31(27-13-7-3-8-14-27)35-29-21-17-25(18-22-29)11-5-1-2-6-12-26-19-23-30(24-20-26)36-32(34)28-15-9-4-10-16-28/h1-4,7-10,13-24H,5-6,11-12H2/b2-1+. The van der Waals surface area contributed by atoms with E-state index in [1.807, 2.05) is 84.9 Å². The Morgan fingerprint density at radius 1 is 0.500 bits per heavy atom. The van der Waals surface area contributed by atoms with E-state index in [0.717, 1.165) is 25.7 Å². The Kier molecular flexibility index (Phi) is 8.82. The van der Waals surface area contributed by atoms with Crippen molar-refractivity contribution >= 4 is 11.9 Å². The Morgan fingerprint density at radius 2 is 0.861 bits per heavy atom. The lowest BCUT2D eigenvalue weighted by Gasteiger charge is -2.06. The summed E-state index contributed by atoms with van der Waals surface area (Å²) in [6.45, 7) is 0. The average Bonchev–Trinajstić information content (AvgIpc) is 2.93. The summed E-state index contributed by atoms with van der Waals surface area (Å²) in [5, 5.41) is 0. The van der Waals surface area contributed by atoms with Crippen LogP contribution in [-0.4, -0.2) is 11.9 Å². The normalized spacial score (nSPS) is 10.8. The number of hydrogen-bond acceptors (Lipinski definition) is 4. The van der Waals surface area contributed by atoms with Crippen molar-refractivity contribution in [3.63, 3.8) is 0 Å². The second kappa shape index (κ2) is 12.9. The molecule has 4 rings (SSSR count). The van der Waals surface area contributed by atoms with E-state index in [4.69, 9.17) is 9.47 Å². The molecule has 0 saturated heterocycles. The molecule has 0 aromatic heterocycles. The molecule has 0 bridgehead atoms. The first-order valence-corrected chi connectivity index (χ1v) is 12.0. The Labute approximate surface area is 211 Å². The Balaban J connectivity index is 1.15. The summed E-state index contributed by atoms with van der Waals surface area (Å²) in [6, 6.07) is 33.3. The molecule has 0 radical (unpaired) electrons. The number of ether oxygens (including phenoxy) is 2. The third-order valence-corrected chi connectivity index (χ3v) is 5.65. The Bertz CT molecular complexity index is 1170. The number of aryl methyl sites for hydroxylation is 2. The quantitative estimate of drug-likeness (QED) is 0.137.